The highest BCUT2D eigenvalue weighted by atomic mass is 79.9. The van der Waals surface area contributed by atoms with E-state index in [4.69, 9.17) is 0 Å². The van der Waals surface area contributed by atoms with Gasteiger partial charge in [0.05, 0.1) is 0 Å². The number of halogens is 1. The molecule has 2 rings (SSSR count). The molecule has 0 atom stereocenters. The molecule has 0 aromatic heterocycles. The summed E-state index contributed by atoms with van der Waals surface area (Å²) in [6.07, 6.45) is 2.37. The van der Waals surface area contributed by atoms with Crippen LogP contribution in [0.15, 0.2) is 59.1 Å². The third-order valence-electron chi connectivity index (χ3n) is 2.88. The van der Waals surface area contributed by atoms with Gasteiger partial charge in [-0.05, 0) is 28.6 Å². The third-order valence-corrected chi connectivity index (χ3v) is 3.11. The van der Waals surface area contributed by atoms with E-state index >= 15 is 0 Å². The molecule has 20 heavy (non-hydrogen) atoms. The Balaban J connectivity index is 2.25. The summed E-state index contributed by atoms with van der Waals surface area (Å²) in [6.45, 7) is 1.82. The lowest BCUT2D eigenvalue weighted by atomic mass is 10.0. The maximum Gasteiger partial charge on any atom is 0.186 e. The quantitative estimate of drug-likeness (QED) is 0.465. The van der Waals surface area contributed by atoms with E-state index in [9.17, 15) is 9.59 Å². The van der Waals surface area contributed by atoms with Crippen molar-refractivity contribution in [3.63, 3.8) is 0 Å². The molecule has 0 fully saturated rings. The molecular formula is C17H13BrO2. The Hall–Kier alpha value is -2.00. The van der Waals surface area contributed by atoms with Crippen molar-refractivity contribution >= 4 is 28.0 Å². The summed E-state index contributed by atoms with van der Waals surface area (Å²) < 4.78 is 0.802. The summed E-state index contributed by atoms with van der Waals surface area (Å²) in [5.74, 6) is -0.0257. The van der Waals surface area contributed by atoms with E-state index in [1.807, 2.05) is 31.2 Å². The molecule has 0 bridgehead atoms. The highest BCUT2D eigenvalue weighted by molar-refractivity contribution is 9.11. The van der Waals surface area contributed by atoms with Gasteiger partial charge >= 0.3 is 0 Å². The van der Waals surface area contributed by atoms with Crippen molar-refractivity contribution in [3.8, 4) is 11.1 Å². The van der Waals surface area contributed by atoms with Crippen LogP contribution in [0.2, 0.25) is 0 Å². The smallest absolute Gasteiger partial charge is 0.186 e. The molecule has 0 heterocycles. The van der Waals surface area contributed by atoms with Crippen LogP contribution in [0, 0.1) is 0 Å². The van der Waals surface area contributed by atoms with E-state index in [1.165, 1.54) is 0 Å². The van der Waals surface area contributed by atoms with Gasteiger partial charge in [-0.15, -0.1) is 0 Å². The minimum absolute atomic E-state index is 0.0257. The molecule has 0 radical (unpaired) electrons. The van der Waals surface area contributed by atoms with Gasteiger partial charge in [0.1, 0.15) is 6.29 Å². The molecule has 0 aliphatic carbocycles. The van der Waals surface area contributed by atoms with Gasteiger partial charge in [-0.2, -0.15) is 0 Å². The Bertz CT molecular complexity index is 648. The molecule has 0 saturated carbocycles. The first-order valence-electron chi connectivity index (χ1n) is 6.14. The Morgan fingerprint density at radius 3 is 1.90 bits per heavy atom. The molecule has 0 spiro atoms. The van der Waals surface area contributed by atoms with E-state index in [-0.39, 0.29) is 5.78 Å². The summed E-state index contributed by atoms with van der Waals surface area (Å²) in [5, 5.41) is 0. The number of hydrogen-bond acceptors (Lipinski definition) is 2. The van der Waals surface area contributed by atoms with Gasteiger partial charge in [0, 0.05) is 11.1 Å². The third kappa shape index (κ3) is 3.52. The predicted molar refractivity (Wildman–Crippen MR) is 84.3 cm³/mol. The van der Waals surface area contributed by atoms with E-state index in [1.54, 1.807) is 30.3 Å². The van der Waals surface area contributed by atoms with Gasteiger partial charge in [0.15, 0.2) is 5.78 Å². The van der Waals surface area contributed by atoms with Crippen molar-refractivity contribution in [3.05, 3.63) is 70.2 Å². The number of benzene rings is 2. The fourth-order valence-electron chi connectivity index (χ4n) is 1.85. The number of rotatable bonds is 4. The Labute approximate surface area is 126 Å². The first-order valence-corrected chi connectivity index (χ1v) is 6.93. The molecule has 0 saturated heterocycles. The number of ketones is 1. The second kappa shape index (κ2) is 6.44. The summed E-state index contributed by atoms with van der Waals surface area (Å²) in [4.78, 5) is 22.5. The van der Waals surface area contributed by atoms with E-state index in [0.717, 1.165) is 21.9 Å². The number of carbonyl (C=O) groups is 2. The molecule has 0 aliphatic heterocycles. The maximum absolute atomic E-state index is 11.8. The largest absolute Gasteiger partial charge is 0.298 e. The van der Waals surface area contributed by atoms with E-state index in [2.05, 4.69) is 15.9 Å². The molecule has 2 nitrogen and oxygen atoms in total. The van der Waals surface area contributed by atoms with Crippen LogP contribution in [0.25, 0.3) is 11.1 Å². The summed E-state index contributed by atoms with van der Waals surface area (Å²) >= 11 is 3.25. The highest BCUT2D eigenvalue weighted by Gasteiger charge is 2.04. The van der Waals surface area contributed by atoms with Gasteiger partial charge in [0.2, 0.25) is 0 Å². The van der Waals surface area contributed by atoms with Crippen LogP contribution < -0.4 is 0 Å². The highest BCUT2D eigenvalue weighted by Crippen LogP contribution is 2.20. The molecule has 0 amide bonds. The SMILES string of the molecule is CC(Br)=CC(=O)c1ccc(-c2ccc(C=O)cc2)cc1. The molecule has 3 heteroatoms. The second-order valence-electron chi connectivity index (χ2n) is 4.41. The van der Waals surface area contributed by atoms with Gasteiger partial charge in [-0.3, -0.25) is 9.59 Å². The summed E-state index contributed by atoms with van der Waals surface area (Å²) in [7, 11) is 0. The fraction of sp³-hybridized carbons (Fsp3) is 0.0588. The number of allylic oxidation sites excluding steroid dienone is 2. The van der Waals surface area contributed by atoms with Crippen LogP contribution in [0.5, 0.6) is 0 Å². The lowest BCUT2D eigenvalue weighted by molar-refractivity contribution is 0.104. The van der Waals surface area contributed by atoms with Crippen molar-refractivity contribution in [2.45, 2.75) is 6.92 Å². The number of hydrogen-bond donors (Lipinski definition) is 0. The van der Waals surface area contributed by atoms with Crippen LogP contribution in [0.1, 0.15) is 27.6 Å². The normalized spacial score (nSPS) is 11.2. The zero-order valence-corrected chi connectivity index (χ0v) is 12.6. The first-order chi connectivity index (χ1) is 9.60. The van der Waals surface area contributed by atoms with Gasteiger partial charge in [-0.25, -0.2) is 0 Å². The molecule has 2 aromatic carbocycles. The first kappa shape index (κ1) is 14.4. The zero-order valence-electron chi connectivity index (χ0n) is 11.0. The van der Waals surface area contributed by atoms with Gasteiger partial charge < -0.3 is 0 Å². The fourth-order valence-corrected chi connectivity index (χ4v) is 2.05. The van der Waals surface area contributed by atoms with Crippen molar-refractivity contribution in [2.24, 2.45) is 0 Å². The second-order valence-corrected chi connectivity index (χ2v) is 5.66. The Morgan fingerprint density at radius 1 is 0.950 bits per heavy atom. The van der Waals surface area contributed by atoms with E-state index in [0.29, 0.717) is 11.1 Å². The predicted octanol–water partition coefficient (Wildman–Crippen LogP) is 4.65. The van der Waals surface area contributed by atoms with Crippen LogP contribution in [0.4, 0.5) is 0 Å². The van der Waals surface area contributed by atoms with Crippen molar-refractivity contribution in [1.29, 1.82) is 0 Å². The van der Waals surface area contributed by atoms with Crippen molar-refractivity contribution in [2.75, 3.05) is 0 Å². The van der Waals surface area contributed by atoms with Crippen LogP contribution in [-0.4, -0.2) is 12.1 Å². The van der Waals surface area contributed by atoms with Crippen LogP contribution in [-0.2, 0) is 0 Å². The van der Waals surface area contributed by atoms with Gasteiger partial charge in [0.25, 0.3) is 0 Å². The molecule has 2 aromatic rings. The zero-order chi connectivity index (χ0) is 14.5. The molecule has 0 aliphatic rings. The maximum atomic E-state index is 11.8. The summed E-state index contributed by atoms with van der Waals surface area (Å²) in [5.41, 5.74) is 3.33. The minimum atomic E-state index is -0.0257. The topological polar surface area (TPSA) is 34.1 Å². The van der Waals surface area contributed by atoms with Gasteiger partial charge in [-0.1, -0.05) is 64.5 Å². The molecule has 0 unspecified atom stereocenters. The lowest BCUT2D eigenvalue weighted by Crippen LogP contribution is -1.94. The van der Waals surface area contributed by atoms with Crippen molar-refractivity contribution in [1.82, 2.24) is 0 Å². The van der Waals surface area contributed by atoms with Crippen LogP contribution >= 0.6 is 15.9 Å². The monoisotopic (exact) mass is 328 g/mol. The van der Waals surface area contributed by atoms with Crippen molar-refractivity contribution < 1.29 is 9.59 Å². The molecular weight excluding hydrogens is 316 g/mol. The average molecular weight is 329 g/mol. The number of aldehydes is 1. The Morgan fingerprint density at radius 2 is 1.45 bits per heavy atom. The standard InChI is InChI=1S/C17H13BrO2/c1-12(18)10-17(20)16-8-6-15(7-9-16)14-4-2-13(11-19)3-5-14/h2-11H,1H3. The lowest BCUT2D eigenvalue weighted by Gasteiger charge is -2.03. The average Bonchev–Trinajstić information content (AvgIpc) is 2.47. The van der Waals surface area contributed by atoms with Crippen LogP contribution in [0.3, 0.4) is 0 Å². The molecule has 100 valence electrons. The minimum Gasteiger partial charge on any atom is -0.298 e. The molecule has 0 N–H and O–H groups in total. The number of carbonyl (C=O) groups excluding carboxylic acids is 2. The van der Waals surface area contributed by atoms with E-state index < -0.39 is 0 Å². The summed E-state index contributed by atoms with van der Waals surface area (Å²) in [6, 6.07) is 14.7. The Kier molecular flexibility index (Phi) is 4.64.